The first-order valence-electron chi connectivity index (χ1n) is 6.41. The predicted molar refractivity (Wildman–Crippen MR) is 74.6 cm³/mol. The average Bonchev–Trinajstić information content (AvgIpc) is 2.27. The van der Waals surface area contributed by atoms with Crippen LogP contribution in [0.15, 0.2) is 12.1 Å². The van der Waals surface area contributed by atoms with Crippen molar-refractivity contribution in [2.75, 3.05) is 12.3 Å². The van der Waals surface area contributed by atoms with Gasteiger partial charge in [-0.1, -0.05) is 34.1 Å². The number of pyridine rings is 1. The number of nitrogens with two attached hydrogens (primary N) is 1. The second-order valence-corrected chi connectivity index (χ2v) is 5.53. The highest BCUT2D eigenvalue weighted by Crippen LogP contribution is 2.22. The summed E-state index contributed by atoms with van der Waals surface area (Å²) in [5, 5.41) is 2.88. The van der Waals surface area contributed by atoms with Crippen LogP contribution in [0.25, 0.3) is 0 Å². The Balaban J connectivity index is 2.89. The number of carbonyl (C=O) groups excluding carboxylic acids is 1. The van der Waals surface area contributed by atoms with Crippen molar-refractivity contribution in [3.8, 4) is 0 Å². The minimum atomic E-state index is -0.117. The van der Waals surface area contributed by atoms with Crippen LogP contribution in [-0.2, 0) is 5.41 Å². The van der Waals surface area contributed by atoms with E-state index in [1.807, 2.05) is 26.8 Å². The van der Waals surface area contributed by atoms with Crippen LogP contribution in [0.4, 0.5) is 5.82 Å². The first kappa shape index (κ1) is 14.5. The summed E-state index contributed by atoms with van der Waals surface area (Å²) in [4.78, 5) is 16.2. The Bertz CT molecular complexity index is 422. The molecule has 1 rings (SSSR count). The maximum absolute atomic E-state index is 12.0. The zero-order valence-corrected chi connectivity index (χ0v) is 11.7. The zero-order valence-electron chi connectivity index (χ0n) is 11.7. The van der Waals surface area contributed by atoms with E-state index in [0.717, 1.165) is 18.5 Å². The lowest BCUT2D eigenvalue weighted by Gasteiger charge is -2.19. The first-order valence-corrected chi connectivity index (χ1v) is 6.41. The number of nitrogen functional groups attached to an aromatic ring is 1. The van der Waals surface area contributed by atoms with Gasteiger partial charge in [-0.15, -0.1) is 0 Å². The molecule has 0 aliphatic heterocycles. The normalized spacial score (nSPS) is 11.3. The average molecular weight is 249 g/mol. The van der Waals surface area contributed by atoms with Crippen molar-refractivity contribution in [3.05, 3.63) is 23.4 Å². The lowest BCUT2D eigenvalue weighted by Crippen LogP contribution is -2.25. The van der Waals surface area contributed by atoms with E-state index < -0.39 is 0 Å². The number of rotatable bonds is 4. The molecule has 0 fully saturated rings. The van der Waals surface area contributed by atoms with Gasteiger partial charge in [-0.05, 0) is 18.6 Å². The van der Waals surface area contributed by atoms with Gasteiger partial charge in [-0.3, -0.25) is 4.79 Å². The van der Waals surface area contributed by atoms with Gasteiger partial charge >= 0.3 is 0 Å². The molecule has 3 N–H and O–H groups in total. The van der Waals surface area contributed by atoms with Gasteiger partial charge in [-0.25, -0.2) is 4.98 Å². The lowest BCUT2D eigenvalue weighted by atomic mass is 9.90. The quantitative estimate of drug-likeness (QED) is 0.806. The van der Waals surface area contributed by atoms with E-state index in [0.29, 0.717) is 17.9 Å². The molecule has 1 aromatic heterocycles. The molecule has 0 saturated heterocycles. The van der Waals surface area contributed by atoms with Gasteiger partial charge in [0.1, 0.15) is 5.82 Å². The Kier molecular flexibility index (Phi) is 4.70. The Morgan fingerprint density at radius 1 is 1.39 bits per heavy atom. The largest absolute Gasteiger partial charge is 0.384 e. The minimum absolute atomic E-state index is 0.0805. The van der Waals surface area contributed by atoms with E-state index in [9.17, 15) is 4.79 Å². The van der Waals surface area contributed by atoms with E-state index in [-0.39, 0.29) is 11.3 Å². The topological polar surface area (TPSA) is 68.0 Å². The molecule has 100 valence electrons. The highest BCUT2D eigenvalue weighted by molar-refractivity contribution is 5.94. The molecule has 1 heterocycles. The molecule has 1 amide bonds. The van der Waals surface area contributed by atoms with Crippen LogP contribution in [0.1, 0.15) is 56.6 Å². The fourth-order valence-corrected chi connectivity index (χ4v) is 1.55. The summed E-state index contributed by atoms with van der Waals surface area (Å²) in [6, 6.07) is 3.44. The molecule has 4 heteroatoms. The Hall–Kier alpha value is -1.58. The fraction of sp³-hybridized carbons (Fsp3) is 0.571. The summed E-state index contributed by atoms with van der Waals surface area (Å²) in [5.74, 6) is 0.311. The molecule has 4 nitrogen and oxygen atoms in total. The van der Waals surface area contributed by atoms with Crippen molar-refractivity contribution < 1.29 is 4.79 Å². The predicted octanol–water partition coefficient (Wildman–Crippen LogP) is 2.49. The smallest absolute Gasteiger partial charge is 0.251 e. The van der Waals surface area contributed by atoms with Gasteiger partial charge < -0.3 is 11.1 Å². The SMILES string of the molecule is CCCCNC(=O)c1cc(N)nc(C(C)(C)C)c1. The molecule has 0 radical (unpaired) electrons. The number of amides is 1. The molecule has 18 heavy (non-hydrogen) atoms. The monoisotopic (exact) mass is 249 g/mol. The summed E-state index contributed by atoms with van der Waals surface area (Å²) in [6.07, 6.45) is 2.05. The fourth-order valence-electron chi connectivity index (χ4n) is 1.55. The molecule has 0 aliphatic rings. The minimum Gasteiger partial charge on any atom is -0.384 e. The van der Waals surface area contributed by atoms with Crippen molar-refractivity contribution in [1.29, 1.82) is 0 Å². The second-order valence-electron chi connectivity index (χ2n) is 5.53. The molecule has 0 spiro atoms. The van der Waals surface area contributed by atoms with E-state index in [1.54, 1.807) is 6.07 Å². The van der Waals surface area contributed by atoms with Crippen molar-refractivity contribution in [2.24, 2.45) is 0 Å². The van der Waals surface area contributed by atoms with Gasteiger partial charge in [0.2, 0.25) is 0 Å². The van der Waals surface area contributed by atoms with Crippen LogP contribution in [0.2, 0.25) is 0 Å². The maximum Gasteiger partial charge on any atom is 0.251 e. The number of hydrogen-bond donors (Lipinski definition) is 2. The third-order valence-corrected chi connectivity index (χ3v) is 2.69. The summed E-state index contributed by atoms with van der Waals surface area (Å²) in [7, 11) is 0. The molecule has 0 bridgehead atoms. The number of carbonyl (C=O) groups is 1. The number of nitrogens with zero attached hydrogens (tertiary/aromatic N) is 1. The molecule has 0 unspecified atom stereocenters. The standard InChI is InChI=1S/C14H23N3O/c1-5-6-7-16-13(18)10-8-11(14(2,3)4)17-12(15)9-10/h8-9H,5-7H2,1-4H3,(H2,15,17)(H,16,18). The number of hydrogen-bond acceptors (Lipinski definition) is 3. The van der Waals surface area contributed by atoms with E-state index in [4.69, 9.17) is 5.73 Å². The van der Waals surface area contributed by atoms with Crippen molar-refractivity contribution in [3.63, 3.8) is 0 Å². The summed E-state index contributed by atoms with van der Waals surface area (Å²) in [6.45, 7) is 8.94. The first-order chi connectivity index (χ1) is 8.34. The summed E-state index contributed by atoms with van der Waals surface area (Å²) in [5.41, 5.74) is 7.06. The Labute approximate surface area is 109 Å². The molecule has 0 aromatic carbocycles. The Morgan fingerprint density at radius 3 is 2.61 bits per heavy atom. The van der Waals surface area contributed by atoms with Crippen LogP contribution in [-0.4, -0.2) is 17.4 Å². The number of aromatic nitrogens is 1. The Morgan fingerprint density at radius 2 is 2.06 bits per heavy atom. The van der Waals surface area contributed by atoms with Gasteiger partial charge in [0.05, 0.1) is 0 Å². The molecule has 0 atom stereocenters. The van der Waals surface area contributed by atoms with E-state index in [2.05, 4.69) is 17.2 Å². The summed E-state index contributed by atoms with van der Waals surface area (Å²) < 4.78 is 0. The molecule has 0 aliphatic carbocycles. The van der Waals surface area contributed by atoms with Crippen LogP contribution in [0, 0.1) is 0 Å². The molecule has 1 aromatic rings. The lowest BCUT2D eigenvalue weighted by molar-refractivity contribution is 0.0953. The van der Waals surface area contributed by atoms with Gasteiger partial charge in [0, 0.05) is 23.2 Å². The van der Waals surface area contributed by atoms with Crippen LogP contribution >= 0.6 is 0 Å². The summed E-state index contributed by atoms with van der Waals surface area (Å²) >= 11 is 0. The highest BCUT2D eigenvalue weighted by atomic mass is 16.1. The number of anilines is 1. The zero-order chi connectivity index (χ0) is 13.8. The van der Waals surface area contributed by atoms with Crippen LogP contribution in [0.3, 0.4) is 0 Å². The molecular formula is C14H23N3O. The third-order valence-electron chi connectivity index (χ3n) is 2.69. The second kappa shape index (κ2) is 5.85. The molecule has 0 saturated carbocycles. The van der Waals surface area contributed by atoms with Gasteiger partial charge in [0.25, 0.3) is 5.91 Å². The van der Waals surface area contributed by atoms with E-state index in [1.165, 1.54) is 0 Å². The number of nitrogens with one attached hydrogen (secondary N) is 1. The highest BCUT2D eigenvalue weighted by Gasteiger charge is 2.18. The van der Waals surface area contributed by atoms with Crippen molar-refractivity contribution in [1.82, 2.24) is 10.3 Å². The van der Waals surface area contributed by atoms with Gasteiger partial charge in [0.15, 0.2) is 0 Å². The third kappa shape index (κ3) is 4.02. The van der Waals surface area contributed by atoms with Crippen molar-refractivity contribution in [2.45, 2.75) is 46.0 Å². The molecular weight excluding hydrogens is 226 g/mol. The van der Waals surface area contributed by atoms with Crippen LogP contribution < -0.4 is 11.1 Å². The van der Waals surface area contributed by atoms with Gasteiger partial charge in [-0.2, -0.15) is 0 Å². The van der Waals surface area contributed by atoms with E-state index >= 15 is 0 Å². The van der Waals surface area contributed by atoms with Crippen molar-refractivity contribution >= 4 is 11.7 Å². The number of unbranched alkanes of at least 4 members (excludes halogenated alkanes) is 1. The van der Waals surface area contributed by atoms with Crippen LogP contribution in [0.5, 0.6) is 0 Å². The maximum atomic E-state index is 12.0.